The minimum absolute atomic E-state index is 1.43. The first-order valence-electron chi connectivity index (χ1n) is 7.94. The normalized spacial score (nSPS) is 15.4. The monoisotopic (exact) mass is 416 g/mol. The standard InChI is InChI=1S/C12H36O6Si5/c1-19(2,3)15-21(6,7)17-23(10,11)18-22(8,9)16-20(4,5)12(13)14/h12-14H,1-11H3. The van der Waals surface area contributed by atoms with Gasteiger partial charge < -0.3 is 26.7 Å². The van der Waals surface area contributed by atoms with Gasteiger partial charge in [0, 0.05) is 0 Å². The number of hydrogen-bond acceptors (Lipinski definition) is 6. The Hall–Kier alpha value is 0.844. The maximum absolute atomic E-state index is 9.49. The molecule has 140 valence electrons. The molecule has 2 N–H and O–H groups in total. The van der Waals surface area contributed by atoms with Gasteiger partial charge in [-0.1, -0.05) is 0 Å². The summed E-state index contributed by atoms with van der Waals surface area (Å²) in [5.41, 5.74) is 0. The van der Waals surface area contributed by atoms with Gasteiger partial charge in [0.2, 0.25) is 8.32 Å². The largest absolute Gasteiger partial charge is 0.437 e. The number of hydrogen-bond donors (Lipinski definition) is 2. The highest BCUT2D eigenvalue weighted by Gasteiger charge is 2.46. The maximum atomic E-state index is 9.49. The van der Waals surface area contributed by atoms with Crippen molar-refractivity contribution in [1.29, 1.82) is 0 Å². The van der Waals surface area contributed by atoms with Crippen LogP contribution in [0.2, 0.25) is 72.0 Å². The van der Waals surface area contributed by atoms with Crippen LogP contribution >= 0.6 is 0 Å². The van der Waals surface area contributed by atoms with Gasteiger partial charge in [0.05, 0.1) is 0 Å². The predicted octanol–water partition coefficient (Wildman–Crippen LogP) is 3.05. The number of rotatable bonds is 9. The topological polar surface area (TPSA) is 77.4 Å². The highest BCUT2D eigenvalue weighted by molar-refractivity contribution is 6.90. The van der Waals surface area contributed by atoms with Crippen molar-refractivity contribution >= 4 is 42.3 Å². The molecule has 0 aromatic rings. The van der Waals surface area contributed by atoms with Crippen LogP contribution in [0.4, 0.5) is 0 Å². The number of aliphatic hydroxyl groups excluding tert-OH is 1. The van der Waals surface area contributed by atoms with Crippen molar-refractivity contribution < 1.29 is 26.7 Å². The summed E-state index contributed by atoms with van der Waals surface area (Å²) in [5.74, 6) is -1.43. The summed E-state index contributed by atoms with van der Waals surface area (Å²) >= 11 is 0. The first-order chi connectivity index (χ1) is 9.77. The van der Waals surface area contributed by atoms with Gasteiger partial charge >= 0.3 is 25.7 Å². The van der Waals surface area contributed by atoms with Gasteiger partial charge in [-0.3, -0.25) is 0 Å². The summed E-state index contributed by atoms with van der Waals surface area (Å²) in [6.45, 7) is 22.0. The molecule has 0 aliphatic rings. The maximum Gasteiger partial charge on any atom is 0.314 e. The van der Waals surface area contributed by atoms with Crippen LogP contribution in [0.5, 0.6) is 0 Å². The van der Waals surface area contributed by atoms with Crippen LogP contribution in [0.25, 0.3) is 0 Å². The van der Waals surface area contributed by atoms with Gasteiger partial charge in [-0.25, -0.2) is 0 Å². The molecule has 0 aliphatic heterocycles. The average molecular weight is 417 g/mol. The Kier molecular flexibility index (Phi) is 7.89. The highest BCUT2D eigenvalue weighted by atomic mass is 28.5. The molecule has 0 aliphatic carbocycles. The van der Waals surface area contributed by atoms with E-state index < -0.39 is 48.2 Å². The molecule has 0 atom stereocenters. The molecule has 0 rings (SSSR count). The van der Waals surface area contributed by atoms with Gasteiger partial charge in [-0.05, 0) is 72.0 Å². The molecule has 0 aromatic carbocycles. The zero-order valence-electron chi connectivity index (χ0n) is 16.6. The van der Waals surface area contributed by atoms with Crippen LogP contribution in [0, 0.1) is 0 Å². The highest BCUT2D eigenvalue weighted by Crippen LogP contribution is 2.26. The summed E-state index contributed by atoms with van der Waals surface area (Å²) < 4.78 is 24.9. The van der Waals surface area contributed by atoms with E-state index in [2.05, 4.69) is 32.7 Å². The Morgan fingerprint density at radius 1 is 0.522 bits per heavy atom. The lowest BCUT2D eigenvalue weighted by Crippen LogP contribution is -2.60. The molecular weight excluding hydrogens is 381 g/mol. The third-order valence-corrected chi connectivity index (χ3v) is 20.3. The van der Waals surface area contributed by atoms with E-state index in [0.717, 1.165) is 0 Å². The SMILES string of the molecule is C[Si](C)(C)O[Si](C)(C)O[Si](C)(C)O[Si](C)(C)O[Si](C)(C)C(O)O. The molecule has 0 amide bonds. The summed E-state index contributed by atoms with van der Waals surface area (Å²) in [4.78, 5) is 0. The zero-order chi connectivity index (χ0) is 18.9. The van der Waals surface area contributed by atoms with E-state index in [1.54, 1.807) is 13.1 Å². The van der Waals surface area contributed by atoms with Crippen molar-refractivity contribution in [3.8, 4) is 0 Å². The summed E-state index contributed by atoms with van der Waals surface area (Å²) in [6, 6.07) is 0. The molecule has 6 nitrogen and oxygen atoms in total. The molecule has 11 heteroatoms. The molecule has 0 heterocycles. The Labute approximate surface area is 147 Å². The third-order valence-electron chi connectivity index (χ3n) is 2.67. The summed E-state index contributed by atoms with van der Waals surface area (Å²) in [5, 5.41) is 19.0. The molecule has 0 radical (unpaired) electrons. The van der Waals surface area contributed by atoms with Crippen LogP contribution in [0.3, 0.4) is 0 Å². The molecule has 0 saturated heterocycles. The van der Waals surface area contributed by atoms with E-state index >= 15 is 0 Å². The Bertz CT molecular complexity index is 392. The van der Waals surface area contributed by atoms with Crippen LogP contribution in [-0.2, 0) is 16.5 Å². The van der Waals surface area contributed by atoms with Crippen LogP contribution < -0.4 is 0 Å². The van der Waals surface area contributed by atoms with Gasteiger partial charge in [0.15, 0.2) is 14.2 Å². The fourth-order valence-corrected chi connectivity index (χ4v) is 25.2. The molecule has 0 unspecified atom stereocenters. The molecule has 0 aromatic heterocycles. The molecular formula is C12H36O6Si5. The molecule has 0 bridgehead atoms. The second-order valence-electron chi connectivity index (χ2n) is 8.70. The Morgan fingerprint density at radius 2 is 0.826 bits per heavy atom. The zero-order valence-corrected chi connectivity index (χ0v) is 21.6. The minimum atomic E-state index is -2.61. The summed E-state index contributed by atoms with van der Waals surface area (Å²) in [7, 11) is -11.6. The van der Waals surface area contributed by atoms with Gasteiger partial charge in [0.25, 0.3) is 0 Å². The third kappa shape index (κ3) is 10.4. The summed E-state index contributed by atoms with van der Waals surface area (Å²) in [6.07, 6.45) is 0. The van der Waals surface area contributed by atoms with E-state index in [9.17, 15) is 10.2 Å². The van der Waals surface area contributed by atoms with Crippen LogP contribution in [0.1, 0.15) is 0 Å². The van der Waals surface area contributed by atoms with Crippen molar-refractivity contribution in [3.05, 3.63) is 0 Å². The molecule has 23 heavy (non-hydrogen) atoms. The van der Waals surface area contributed by atoms with E-state index in [0.29, 0.717) is 0 Å². The molecule has 0 spiro atoms. The second kappa shape index (κ2) is 7.61. The van der Waals surface area contributed by atoms with Crippen LogP contribution in [0.15, 0.2) is 0 Å². The minimum Gasteiger partial charge on any atom is -0.437 e. The van der Waals surface area contributed by atoms with Crippen molar-refractivity contribution in [2.24, 2.45) is 0 Å². The fourth-order valence-electron chi connectivity index (χ4n) is 2.67. The van der Waals surface area contributed by atoms with Crippen LogP contribution in [-0.4, -0.2) is 58.4 Å². The van der Waals surface area contributed by atoms with Gasteiger partial charge in [0.1, 0.15) is 0 Å². The molecule has 0 saturated carbocycles. The van der Waals surface area contributed by atoms with Crippen molar-refractivity contribution in [2.75, 3.05) is 0 Å². The van der Waals surface area contributed by atoms with Crippen molar-refractivity contribution in [2.45, 2.75) is 77.9 Å². The fraction of sp³-hybridized carbons (Fsp3) is 1.00. The Balaban J connectivity index is 4.96. The Morgan fingerprint density at radius 3 is 1.13 bits per heavy atom. The van der Waals surface area contributed by atoms with Crippen molar-refractivity contribution in [3.63, 3.8) is 0 Å². The van der Waals surface area contributed by atoms with Gasteiger partial charge in [-0.2, -0.15) is 0 Å². The van der Waals surface area contributed by atoms with E-state index in [1.165, 1.54) is 0 Å². The van der Waals surface area contributed by atoms with Crippen molar-refractivity contribution in [1.82, 2.24) is 0 Å². The predicted molar refractivity (Wildman–Crippen MR) is 106 cm³/mol. The van der Waals surface area contributed by atoms with E-state index in [-0.39, 0.29) is 0 Å². The second-order valence-corrected chi connectivity index (χ2v) is 28.3. The lowest BCUT2D eigenvalue weighted by atomic mass is 11.5. The quantitative estimate of drug-likeness (QED) is 0.444. The molecule has 0 fully saturated rings. The lowest BCUT2D eigenvalue weighted by molar-refractivity contribution is 0.0101. The average Bonchev–Trinajstić information content (AvgIpc) is 2.04. The van der Waals surface area contributed by atoms with E-state index in [1.807, 2.05) is 26.2 Å². The smallest absolute Gasteiger partial charge is 0.314 e. The van der Waals surface area contributed by atoms with E-state index in [4.69, 9.17) is 16.5 Å². The van der Waals surface area contributed by atoms with Gasteiger partial charge in [-0.15, -0.1) is 0 Å². The first kappa shape index (κ1) is 23.8. The first-order valence-corrected chi connectivity index (χ1v) is 22.8. The number of aliphatic hydroxyl groups is 2. The lowest BCUT2D eigenvalue weighted by Gasteiger charge is -2.42.